The largest absolute Gasteiger partial charge is 0.345 e. The predicted molar refractivity (Wildman–Crippen MR) is 92.1 cm³/mol. The smallest absolute Gasteiger partial charge is 0.228 e. The van der Waals surface area contributed by atoms with E-state index in [2.05, 4.69) is 24.0 Å². The van der Waals surface area contributed by atoms with Crippen molar-refractivity contribution in [3.05, 3.63) is 30.0 Å². The number of amides is 1. The lowest BCUT2D eigenvalue weighted by atomic mass is 10.0. The van der Waals surface area contributed by atoms with Crippen LogP contribution in [0.5, 0.6) is 0 Å². The van der Waals surface area contributed by atoms with Gasteiger partial charge in [-0.05, 0) is 18.4 Å². The lowest BCUT2D eigenvalue weighted by Crippen LogP contribution is -2.35. The van der Waals surface area contributed by atoms with E-state index in [1.165, 1.54) is 0 Å². The Kier molecular flexibility index (Phi) is 6.84. The van der Waals surface area contributed by atoms with E-state index in [1.807, 2.05) is 31.3 Å². The number of fused-ring (bicyclic) bond motifs is 1. The highest BCUT2D eigenvalue weighted by Crippen LogP contribution is 2.16. The standard InChI is InChI=1S/C16H24N4O.ClH/c1-11(2)13(17)8-9-20(3)16(21)10-15-12-6-4-5-7-14(12)18-19-15;/h4-7,11,13H,8-10,17H2,1-3H3,(H,18,19);1H. The molecule has 6 heteroatoms. The van der Waals surface area contributed by atoms with Crippen LogP contribution in [0.15, 0.2) is 24.3 Å². The molecule has 1 aromatic carbocycles. The van der Waals surface area contributed by atoms with Crippen molar-refractivity contribution >= 4 is 29.2 Å². The van der Waals surface area contributed by atoms with Crippen LogP contribution in [0.25, 0.3) is 10.9 Å². The maximum Gasteiger partial charge on any atom is 0.228 e. The van der Waals surface area contributed by atoms with Crippen molar-refractivity contribution in [2.45, 2.75) is 32.7 Å². The Morgan fingerprint density at radius 1 is 1.36 bits per heavy atom. The average Bonchev–Trinajstić information content (AvgIpc) is 2.87. The van der Waals surface area contributed by atoms with Gasteiger partial charge in [0.1, 0.15) is 0 Å². The zero-order chi connectivity index (χ0) is 15.4. The summed E-state index contributed by atoms with van der Waals surface area (Å²) < 4.78 is 0. The van der Waals surface area contributed by atoms with Crippen LogP contribution in [0.4, 0.5) is 0 Å². The van der Waals surface area contributed by atoms with Crippen LogP contribution in [-0.4, -0.2) is 40.6 Å². The van der Waals surface area contributed by atoms with Gasteiger partial charge >= 0.3 is 0 Å². The summed E-state index contributed by atoms with van der Waals surface area (Å²) in [4.78, 5) is 14.0. The van der Waals surface area contributed by atoms with Crippen LogP contribution < -0.4 is 5.73 Å². The molecule has 0 saturated carbocycles. The number of carbonyl (C=O) groups excluding carboxylic acids is 1. The maximum atomic E-state index is 12.3. The molecule has 0 aliphatic heterocycles. The van der Waals surface area contributed by atoms with Crippen molar-refractivity contribution < 1.29 is 4.79 Å². The number of carbonyl (C=O) groups is 1. The Bertz CT molecular complexity index is 611. The summed E-state index contributed by atoms with van der Waals surface area (Å²) in [5, 5.41) is 8.19. The van der Waals surface area contributed by atoms with Crippen LogP contribution in [-0.2, 0) is 11.2 Å². The Morgan fingerprint density at radius 2 is 2.05 bits per heavy atom. The van der Waals surface area contributed by atoms with Crippen molar-refractivity contribution in [1.82, 2.24) is 15.1 Å². The van der Waals surface area contributed by atoms with Crippen LogP contribution >= 0.6 is 12.4 Å². The number of hydrogen-bond donors (Lipinski definition) is 2. The van der Waals surface area contributed by atoms with Gasteiger partial charge in [-0.15, -0.1) is 12.4 Å². The fourth-order valence-corrected chi connectivity index (χ4v) is 2.24. The third-order valence-electron chi connectivity index (χ3n) is 3.95. The molecule has 22 heavy (non-hydrogen) atoms. The van der Waals surface area contributed by atoms with Crippen molar-refractivity contribution in [1.29, 1.82) is 0 Å². The minimum atomic E-state index is 0. The fraction of sp³-hybridized carbons (Fsp3) is 0.500. The highest BCUT2D eigenvalue weighted by molar-refractivity contribution is 5.87. The van der Waals surface area contributed by atoms with E-state index in [-0.39, 0.29) is 24.4 Å². The summed E-state index contributed by atoms with van der Waals surface area (Å²) in [6.07, 6.45) is 1.16. The molecule has 2 rings (SSSR count). The van der Waals surface area contributed by atoms with E-state index in [0.717, 1.165) is 23.0 Å². The summed E-state index contributed by atoms with van der Waals surface area (Å²) in [6.45, 7) is 4.89. The predicted octanol–water partition coefficient (Wildman–Crippen LogP) is 2.36. The third-order valence-corrected chi connectivity index (χ3v) is 3.95. The Hall–Kier alpha value is -1.59. The second-order valence-corrected chi connectivity index (χ2v) is 5.91. The van der Waals surface area contributed by atoms with Gasteiger partial charge in [0, 0.05) is 25.0 Å². The molecule has 1 unspecified atom stereocenters. The number of rotatable bonds is 6. The lowest BCUT2D eigenvalue weighted by Gasteiger charge is -2.21. The highest BCUT2D eigenvalue weighted by atomic mass is 35.5. The van der Waals surface area contributed by atoms with Crippen LogP contribution in [0.3, 0.4) is 0 Å². The summed E-state index contributed by atoms with van der Waals surface area (Å²) in [6, 6.07) is 7.94. The van der Waals surface area contributed by atoms with Gasteiger partial charge in [0.25, 0.3) is 0 Å². The van der Waals surface area contributed by atoms with Crippen molar-refractivity contribution in [2.24, 2.45) is 11.7 Å². The monoisotopic (exact) mass is 324 g/mol. The molecule has 0 bridgehead atoms. The van der Waals surface area contributed by atoms with Crippen LogP contribution in [0, 0.1) is 5.92 Å². The number of hydrogen-bond acceptors (Lipinski definition) is 3. The van der Waals surface area contributed by atoms with E-state index >= 15 is 0 Å². The Morgan fingerprint density at radius 3 is 2.73 bits per heavy atom. The molecular formula is C16H25ClN4O. The average molecular weight is 325 g/mol. The summed E-state index contributed by atoms with van der Waals surface area (Å²) in [7, 11) is 1.83. The Labute approximate surface area is 137 Å². The van der Waals surface area contributed by atoms with Gasteiger partial charge in [-0.2, -0.15) is 5.10 Å². The zero-order valence-corrected chi connectivity index (χ0v) is 14.2. The number of likely N-dealkylation sites (N-methyl/N-ethyl adjacent to an activating group) is 1. The molecule has 0 spiro atoms. The van der Waals surface area contributed by atoms with Crippen LogP contribution in [0.2, 0.25) is 0 Å². The first-order valence-electron chi connectivity index (χ1n) is 7.40. The van der Waals surface area contributed by atoms with Gasteiger partial charge in [0.15, 0.2) is 0 Å². The number of halogens is 1. The summed E-state index contributed by atoms with van der Waals surface area (Å²) >= 11 is 0. The summed E-state index contributed by atoms with van der Waals surface area (Å²) in [5.41, 5.74) is 7.79. The topological polar surface area (TPSA) is 75.0 Å². The van der Waals surface area contributed by atoms with Crippen LogP contribution in [0.1, 0.15) is 26.0 Å². The number of nitrogens with zero attached hydrogens (tertiary/aromatic N) is 2. The second kappa shape index (κ2) is 8.15. The molecule has 0 aliphatic carbocycles. The molecule has 0 fully saturated rings. The number of aromatic amines is 1. The van der Waals surface area contributed by atoms with E-state index in [1.54, 1.807) is 4.90 Å². The first kappa shape index (κ1) is 18.5. The molecule has 1 amide bonds. The number of H-pyrrole nitrogens is 1. The molecule has 0 aliphatic rings. The minimum absolute atomic E-state index is 0. The molecule has 1 atom stereocenters. The molecule has 3 N–H and O–H groups in total. The highest BCUT2D eigenvalue weighted by Gasteiger charge is 2.15. The number of aromatic nitrogens is 2. The number of para-hydroxylation sites is 1. The number of nitrogens with two attached hydrogens (primary N) is 1. The van der Waals surface area contributed by atoms with Crippen molar-refractivity contribution in [3.8, 4) is 0 Å². The quantitative estimate of drug-likeness (QED) is 0.856. The SMILES string of the molecule is CC(C)C(N)CCN(C)C(=O)Cc1[nH]nc2ccccc12.Cl. The van der Waals surface area contributed by atoms with Gasteiger partial charge < -0.3 is 10.6 Å². The first-order chi connectivity index (χ1) is 9.99. The molecule has 1 aromatic heterocycles. The first-order valence-corrected chi connectivity index (χ1v) is 7.40. The number of nitrogens with one attached hydrogen (secondary N) is 1. The molecule has 0 saturated heterocycles. The minimum Gasteiger partial charge on any atom is -0.345 e. The van der Waals surface area contributed by atoms with Gasteiger partial charge in [-0.3, -0.25) is 9.89 Å². The van der Waals surface area contributed by atoms with E-state index in [0.29, 0.717) is 18.9 Å². The maximum absolute atomic E-state index is 12.3. The van der Waals surface area contributed by atoms with Crippen molar-refractivity contribution in [3.63, 3.8) is 0 Å². The molecule has 0 radical (unpaired) electrons. The van der Waals surface area contributed by atoms with Gasteiger partial charge in [-0.1, -0.05) is 32.0 Å². The molecule has 1 heterocycles. The molecule has 2 aromatic rings. The van der Waals surface area contributed by atoms with Gasteiger partial charge in [0.05, 0.1) is 17.6 Å². The Balaban J connectivity index is 0.00000242. The summed E-state index contributed by atoms with van der Waals surface area (Å²) in [5.74, 6) is 0.519. The molecule has 122 valence electrons. The van der Waals surface area contributed by atoms with E-state index in [4.69, 9.17) is 5.73 Å². The van der Waals surface area contributed by atoms with E-state index in [9.17, 15) is 4.79 Å². The zero-order valence-electron chi connectivity index (χ0n) is 13.4. The molecular weight excluding hydrogens is 300 g/mol. The van der Waals surface area contributed by atoms with E-state index < -0.39 is 0 Å². The molecule has 5 nitrogen and oxygen atoms in total. The fourth-order valence-electron chi connectivity index (χ4n) is 2.24. The van der Waals surface area contributed by atoms with Gasteiger partial charge in [-0.25, -0.2) is 0 Å². The normalized spacial score (nSPS) is 12.2. The lowest BCUT2D eigenvalue weighted by molar-refractivity contribution is -0.129. The van der Waals surface area contributed by atoms with Gasteiger partial charge in [0.2, 0.25) is 5.91 Å². The second-order valence-electron chi connectivity index (χ2n) is 5.91. The third kappa shape index (κ3) is 4.45. The number of benzene rings is 1. The van der Waals surface area contributed by atoms with Crippen molar-refractivity contribution in [2.75, 3.05) is 13.6 Å².